The SMILES string of the molecule is CC(C)c1ccncc1C(O)(c1nc2ccc(Br)cc2s1)C(C)C. The molecule has 0 saturated heterocycles. The molecule has 1 unspecified atom stereocenters. The van der Waals surface area contributed by atoms with E-state index in [1.165, 1.54) is 0 Å². The van der Waals surface area contributed by atoms with Gasteiger partial charge in [-0.2, -0.15) is 0 Å². The molecule has 0 saturated carbocycles. The standard InChI is InChI=1S/C19H21BrN2OS/c1-11(2)14-7-8-21-10-15(14)19(23,12(3)4)18-22-16-6-5-13(20)9-17(16)24-18/h5-12,23H,1-4H3. The van der Waals surface area contributed by atoms with Gasteiger partial charge in [-0.1, -0.05) is 43.6 Å². The molecule has 0 spiro atoms. The van der Waals surface area contributed by atoms with Gasteiger partial charge < -0.3 is 5.11 Å². The molecular weight excluding hydrogens is 384 g/mol. The number of thiazole rings is 1. The third-order valence-corrected chi connectivity index (χ3v) is 6.04. The minimum absolute atomic E-state index is 0.0248. The molecule has 3 aromatic rings. The van der Waals surface area contributed by atoms with E-state index in [1.54, 1.807) is 23.7 Å². The van der Waals surface area contributed by atoms with E-state index in [9.17, 15) is 5.11 Å². The lowest BCUT2D eigenvalue weighted by atomic mass is 9.80. The van der Waals surface area contributed by atoms with Gasteiger partial charge in [0.25, 0.3) is 0 Å². The maximum Gasteiger partial charge on any atom is 0.145 e. The molecule has 1 atom stereocenters. The summed E-state index contributed by atoms with van der Waals surface area (Å²) in [6, 6.07) is 8.00. The zero-order valence-corrected chi connectivity index (χ0v) is 16.6. The lowest BCUT2D eigenvalue weighted by Gasteiger charge is -2.33. The van der Waals surface area contributed by atoms with E-state index in [2.05, 4.69) is 34.8 Å². The molecule has 1 aromatic carbocycles. The predicted molar refractivity (Wildman–Crippen MR) is 103 cm³/mol. The molecule has 0 aliphatic rings. The molecule has 3 nitrogen and oxygen atoms in total. The fourth-order valence-corrected chi connectivity index (χ4v) is 4.73. The van der Waals surface area contributed by atoms with Gasteiger partial charge in [-0.05, 0) is 41.7 Å². The average Bonchev–Trinajstić information content (AvgIpc) is 2.97. The summed E-state index contributed by atoms with van der Waals surface area (Å²) in [6.45, 7) is 8.32. The summed E-state index contributed by atoms with van der Waals surface area (Å²) in [5.74, 6) is 0.278. The lowest BCUT2D eigenvalue weighted by molar-refractivity contribution is 0.0303. The Labute approximate surface area is 154 Å². The molecule has 0 amide bonds. The number of nitrogens with zero attached hydrogens (tertiary/aromatic N) is 2. The highest BCUT2D eigenvalue weighted by Gasteiger charge is 2.40. The Balaban J connectivity index is 2.25. The normalized spacial score (nSPS) is 14.5. The van der Waals surface area contributed by atoms with Crippen LogP contribution in [0.3, 0.4) is 0 Å². The third kappa shape index (κ3) is 2.89. The average molecular weight is 405 g/mol. The molecule has 5 heteroatoms. The molecule has 2 heterocycles. The summed E-state index contributed by atoms with van der Waals surface area (Å²) >= 11 is 5.05. The Morgan fingerprint density at radius 3 is 2.58 bits per heavy atom. The van der Waals surface area contributed by atoms with Crippen molar-refractivity contribution in [2.45, 2.75) is 39.2 Å². The van der Waals surface area contributed by atoms with E-state index in [0.717, 1.165) is 30.8 Å². The van der Waals surface area contributed by atoms with Gasteiger partial charge in [-0.25, -0.2) is 4.98 Å². The van der Waals surface area contributed by atoms with E-state index >= 15 is 0 Å². The van der Waals surface area contributed by atoms with Crippen molar-refractivity contribution in [1.82, 2.24) is 9.97 Å². The van der Waals surface area contributed by atoms with E-state index < -0.39 is 5.60 Å². The number of pyridine rings is 1. The largest absolute Gasteiger partial charge is 0.378 e. The molecule has 0 fully saturated rings. The van der Waals surface area contributed by atoms with Crippen molar-refractivity contribution in [3.8, 4) is 0 Å². The zero-order valence-electron chi connectivity index (χ0n) is 14.2. The molecule has 24 heavy (non-hydrogen) atoms. The van der Waals surface area contributed by atoms with Gasteiger partial charge in [0.2, 0.25) is 0 Å². The molecule has 0 aliphatic carbocycles. The fraction of sp³-hybridized carbons (Fsp3) is 0.368. The van der Waals surface area contributed by atoms with Crippen LogP contribution >= 0.6 is 27.3 Å². The van der Waals surface area contributed by atoms with Crippen LogP contribution in [0.25, 0.3) is 10.2 Å². The smallest absolute Gasteiger partial charge is 0.145 e. The molecule has 2 aromatic heterocycles. The van der Waals surface area contributed by atoms with Crippen LogP contribution in [0.2, 0.25) is 0 Å². The Morgan fingerprint density at radius 2 is 1.92 bits per heavy atom. The van der Waals surface area contributed by atoms with Gasteiger partial charge in [0.05, 0.1) is 10.2 Å². The zero-order chi connectivity index (χ0) is 17.5. The third-order valence-electron chi connectivity index (χ3n) is 4.40. The minimum Gasteiger partial charge on any atom is -0.378 e. The van der Waals surface area contributed by atoms with Crippen LogP contribution in [0, 0.1) is 5.92 Å². The van der Waals surface area contributed by atoms with E-state index in [-0.39, 0.29) is 5.92 Å². The van der Waals surface area contributed by atoms with Crippen LogP contribution in [-0.2, 0) is 5.60 Å². The number of hydrogen-bond donors (Lipinski definition) is 1. The minimum atomic E-state index is -1.15. The lowest BCUT2D eigenvalue weighted by Crippen LogP contribution is -2.34. The first kappa shape index (κ1) is 17.5. The Hall–Kier alpha value is -1.30. The second kappa shape index (κ2) is 6.54. The van der Waals surface area contributed by atoms with Gasteiger partial charge in [-0.15, -0.1) is 11.3 Å². The van der Waals surface area contributed by atoms with Gasteiger partial charge in [0.1, 0.15) is 10.6 Å². The van der Waals surface area contributed by atoms with Crippen LogP contribution in [-0.4, -0.2) is 15.1 Å². The second-order valence-electron chi connectivity index (χ2n) is 6.67. The second-order valence-corrected chi connectivity index (χ2v) is 8.62. The van der Waals surface area contributed by atoms with Crippen molar-refractivity contribution < 1.29 is 5.11 Å². The van der Waals surface area contributed by atoms with Crippen LogP contribution in [0.15, 0.2) is 41.1 Å². The monoisotopic (exact) mass is 404 g/mol. The van der Waals surface area contributed by atoms with Crippen molar-refractivity contribution in [3.05, 3.63) is 57.3 Å². The van der Waals surface area contributed by atoms with E-state index in [4.69, 9.17) is 4.98 Å². The van der Waals surface area contributed by atoms with Crippen molar-refractivity contribution >= 4 is 37.5 Å². The molecule has 126 valence electrons. The first-order valence-electron chi connectivity index (χ1n) is 8.07. The van der Waals surface area contributed by atoms with Gasteiger partial charge in [0, 0.05) is 22.4 Å². The molecule has 0 radical (unpaired) electrons. The summed E-state index contributed by atoms with van der Waals surface area (Å²) < 4.78 is 2.08. The number of rotatable bonds is 4. The topological polar surface area (TPSA) is 46.0 Å². The van der Waals surface area contributed by atoms with Crippen molar-refractivity contribution in [2.24, 2.45) is 5.92 Å². The van der Waals surface area contributed by atoms with Crippen LogP contribution in [0.5, 0.6) is 0 Å². The Kier molecular flexibility index (Phi) is 4.78. The molecule has 1 N–H and O–H groups in total. The molecular formula is C19H21BrN2OS. The number of hydrogen-bond acceptors (Lipinski definition) is 4. The van der Waals surface area contributed by atoms with E-state index in [0.29, 0.717) is 5.92 Å². The highest BCUT2D eigenvalue weighted by Crippen LogP contribution is 2.43. The molecule has 0 aliphatic heterocycles. The quantitative estimate of drug-likeness (QED) is 0.626. The predicted octanol–water partition coefficient (Wildman–Crippen LogP) is 5.47. The maximum absolute atomic E-state index is 11.7. The van der Waals surface area contributed by atoms with Crippen molar-refractivity contribution in [2.75, 3.05) is 0 Å². The Morgan fingerprint density at radius 1 is 1.17 bits per heavy atom. The number of aromatic nitrogens is 2. The first-order valence-corrected chi connectivity index (χ1v) is 9.68. The summed E-state index contributed by atoms with van der Waals surface area (Å²) in [6.07, 6.45) is 3.58. The van der Waals surface area contributed by atoms with Crippen LogP contribution in [0.4, 0.5) is 0 Å². The first-order chi connectivity index (χ1) is 11.3. The number of halogens is 1. The van der Waals surface area contributed by atoms with E-state index in [1.807, 2.05) is 38.1 Å². The maximum atomic E-state index is 11.7. The van der Waals surface area contributed by atoms with Gasteiger partial charge in [-0.3, -0.25) is 4.98 Å². The van der Waals surface area contributed by atoms with Crippen molar-refractivity contribution in [3.63, 3.8) is 0 Å². The summed E-state index contributed by atoms with van der Waals surface area (Å²) in [5, 5.41) is 12.5. The number of aliphatic hydroxyl groups is 1. The summed E-state index contributed by atoms with van der Waals surface area (Å²) in [5.41, 5.74) is 1.73. The summed E-state index contributed by atoms with van der Waals surface area (Å²) in [7, 11) is 0. The van der Waals surface area contributed by atoms with Crippen molar-refractivity contribution in [1.29, 1.82) is 0 Å². The van der Waals surface area contributed by atoms with Gasteiger partial charge >= 0.3 is 0 Å². The summed E-state index contributed by atoms with van der Waals surface area (Å²) in [4.78, 5) is 9.02. The highest BCUT2D eigenvalue weighted by atomic mass is 79.9. The van der Waals surface area contributed by atoms with Crippen LogP contribution in [0.1, 0.15) is 49.7 Å². The Bertz CT molecular complexity index is 875. The number of benzene rings is 1. The van der Waals surface area contributed by atoms with Gasteiger partial charge in [0.15, 0.2) is 0 Å². The van der Waals surface area contributed by atoms with Crippen LogP contribution < -0.4 is 0 Å². The number of fused-ring (bicyclic) bond motifs is 1. The fourth-order valence-electron chi connectivity index (χ4n) is 2.96. The molecule has 3 rings (SSSR count). The highest BCUT2D eigenvalue weighted by molar-refractivity contribution is 9.10. The molecule has 0 bridgehead atoms.